The number of aromatic amines is 1. The number of hydrogen-bond acceptors (Lipinski definition) is 1. The number of benzene rings is 2. The molecule has 4 heteroatoms. The van der Waals surface area contributed by atoms with Crippen LogP contribution in [0.25, 0.3) is 11.0 Å². The van der Waals surface area contributed by atoms with Crippen LogP contribution in [0.15, 0.2) is 47.3 Å². The number of aryl methyl sites for hydroxylation is 1. The van der Waals surface area contributed by atoms with Crippen LogP contribution in [-0.4, -0.2) is 9.55 Å². The third-order valence-corrected chi connectivity index (χ3v) is 3.51. The summed E-state index contributed by atoms with van der Waals surface area (Å²) in [6.07, 6.45) is 0. The van der Waals surface area contributed by atoms with Crippen molar-refractivity contribution in [1.82, 2.24) is 9.55 Å². The summed E-state index contributed by atoms with van der Waals surface area (Å²) in [5, 5.41) is 0.586. The fourth-order valence-corrected chi connectivity index (χ4v) is 2.48. The van der Waals surface area contributed by atoms with Gasteiger partial charge in [-0.25, -0.2) is 4.79 Å². The van der Waals surface area contributed by atoms with Crippen molar-refractivity contribution in [3.63, 3.8) is 0 Å². The number of nitrogens with zero attached hydrogens (tertiary/aromatic N) is 1. The Balaban J connectivity index is 2.12. The first-order valence-electron chi connectivity index (χ1n) is 6.08. The molecule has 3 aromatic rings. The topological polar surface area (TPSA) is 37.8 Å². The molecule has 1 aromatic heterocycles. The molecule has 0 aliphatic rings. The largest absolute Gasteiger partial charge is 0.326 e. The second-order valence-corrected chi connectivity index (χ2v) is 5.05. The quantitative estimate of drug-likeness (QED) is 0.763. The number of imidazole rings is 1. The summed E-state index contributed by atoms with van der Waals surface area (Å²) in [6, 6.07) is 13.6. The van der Waals surface area contributed by atoms with Crippen LogP contribution in [0, 0.1) is 6.92 Å². The van der Waals surface area contributed by atoms with Crippen LogP contribution in [-0.2, 0) is 6.54 Å². The lowest BCUT2D eigenvalue weighted by Gasteiger charge is -2.05. The molecule has 0 aliphatic carbocycles. The average molecular weight is 273 g/mol. The van der Waals surface area contributed by atoms with Crippen molar-refractivity contribution < 1.29 is 0 Å². The lowest BCUT2D eigenvalue weighted by Crippen LogP contribution is -2.17. The van der Waals surface area contributed by atoms with E-state index in [4.69, 9.17) is 11.6 Å². The van der Waals surface area contributed by atoms with Crippen molar-refractivity contribution in [2.24, 2.45) is 0 Å². The predicted molar refractivity (Wildman–Crippen MR) is 77.8 cm³/mol. The van der Waals surface area contributed by atoms with Crippen molar-refractivity contribution >= 4 is 22.6 Å². The SMILES string of the molecule is Cc1ccc(Cn2c(=O)[nH]c3cccc(Cl)c32)cc1. The summed E-state index contributed by atoms with van der Waals surface area (Å²) in [5.41, 5.74) is 3.67. The number of fused-ring (bicyclic) bond motifs is 1. The first-order chi connectivity index (χ1) is 9.15. The molecule has 0 saturated carbocycles. The van der Waals surface area contributed by atoms with E-state index in [1.807, 2.05) is 43.3 Å². The van der Waals surface area contributed by atoms with Crippen molar-refractivity contribution in [1.29, 1.82) is 0 Å². The number of para-hydroxylation sites is 1. The van der Waals surface area contributed by atoms with Gasteiger partial charge in [-0.05, 0) is 24.6 Å². The molecule has 3 rings (SSSR count). The van der Waals surface area contributed by atoms with Gasteiger partial charge in [0.2, 0.25) is 0 Å². The van der Waals surface area contributed by atoms with E-state index in [-0.39, 0.29) is 5.69 Å². The molecule has 19 heavy (non-hydrogen) atoms. The van der Waals surface area contributed by atoms with Crippen molar-refractivity contribution in [3.8, 4) is 0 Å². The summed E-state index contributed by atoms with van der Waals surface area (Å²) in [4.78, 5) is 14.8. The van der Waals surface area contributed by atoms with Crippen LogP contribution in [0.5, 0.6) is 0 Å². The van der Waals surface area contributed by atoms with Crippen LogP contribution >= 0.6 is 11.6 Å². The zero-order valence-electron chi connectivity index (χ0n) is 10.5. The highest BCUT2D eigenvalue weighted by Gasteiger charge is 2.09. The van der Waals surface area contributed by atoms with Crippen LogP contribution < -0.4 is 5.69 Å². The minimum absolute atomic E-state index is 0.135. The van der Waals surface area contributed by atoms with Gasteiger partial charge in [-0.3, -0.25) is 4.57 Å². The van der Waals surface area contributed by atoms with Gasteiger partial charge >= 0.3 is 5.69 Å². The maximum atomic E-state index is 12.0. The number of hydrogen-bond donors (Lipinski definition) is 1. The van der Waals surface area contributed by atoms with Crippen LogP contribution in [0.3, 0.4) is 0 Å². The van der Waals surface area contributed by atoms with Crippen LogP contribution in [0.2, 0.25) is 5.02 Å². The lowest BCUT2D eigenvalue weighted by molar-refractivity contribution is 0.787. The maximum Gasteiger partial charge on any atom is 0.326 e. The third kappa shape index (κ3) is 2.17. The maximum absolute atomic E-state index is 12.0. The Bertz CT molecular complexity index is 784. The summed E-state index contributed by atoms with van der Waals surface area (Å²) in [6.45, 7) is 2.56. The molecule has 0 atom stereocenters. The molecular weight excluding hydrogens is 260 g/mol. The first-order valence-corrected chi connectivity index (χ1v) is 6.45. The van der Waals surface area contributed by atoms with Gasteiger partial charge in [-0.15, -0.1) is 0 Å². The molecule has 0 fully saturated rings. The molecular formula is C15H13ClN2O. The predicted octanol–water partition coefficient (Wildman–Crippen LogP) is 3.34. The Morgan fingerprint density at radius 3 is 2.63 bits per heavy atom. The van der Waals surface area contributed by atoms with Gasteiger partial charge in [0, 0.05) is 0 Å². The van der Waals surface area contributed by atoms with Crippen molar-refractivity contribution in [2.45, 2.75) is 13.5 Å². The standard InChI is InChI=1S/C15H13ClN2O/c1-10-5-7-11(8-6-10)9-18-14-12(16)3-2-4-13(14)17-15(18)19/h2-8H,9H2,1H3,(H,17,19). The summed E-state index contributed by atoms with van der Waals surface area (Å²) in [5.74, 6) is 0. The molecule has 0 aliphatic heterocycles. The second kappa shape index (κ2) is 4.59. The van der Waals surface area contributed by atoms with Gasteiger partial charge in [0.25, 0.3) is 0 Å². The highest BCUT2D eigenvalue weighted by molar-refractivity contribution is 6.34. The molecule has 0 radical (unpaired) electrons. The molecule has 0 unspecified atom stereocenters. The second-order valence-electron chi connectivity index (χ2n) is 4.64. The van der Waals surface area contributed by atoms with Crippen LogP contribution in [0.4, 0.5) is 0 Å². The molecule has 0 bridgehead atoms. The third-order valence-electron chi connectivity index (χ3n) is 3.20. The summed E-state index contributed by atoms with van der Waals surface area (Å²) < 4.78 is 1.67. The fourth-order valence-electron chi connectivity index (χ4n) is 2.20. The molecule has 2 aromatic carbocycles. The van der Waals surface area contributed by atoms with Gasteiger partial charge in [0.15, 0.2) is 0 Å². The highest BCUT2D eigenvalue weighted by atomic mass is 35.5. The molecule has 3 nitrogen and oxygen atoms in total. The minimum Gasteiger partial charge on any atom is -0.305 e. The highest BCUT2D eigenvalue weighted by Crippen LogP contribution is 2.21. The van der Waals surface area contributed by atoms with Gasteiger partial charge in [0.05, 0.1) is 22.6 Å². The average Bonchev–Trinajstić information content (AvgIpc) is 2.70. The molecule has 1 heterocycles. The van der Waals surface area contributed by atoms with Gasteiger partial charge in [-0.1, -0.05) is 47.5 Å². The molecule has 0 saturated heterocycles. The number of H-pyrrole nitrogens is 1. The molecule has 96 valence electrons. The number of rotatable bonds is 2. The molecule has 0 spiro atoms. The van der Waals surface area contributed by atoms with Gasteiger partial charge in [0.1, 0.15) is 0 Å². The van der Waals surface area contributed by atoms with Crippen molar-refractivity contribution in [2.75, 3.05) is 0 Å². The summed E-state index contributed by atoms with van der Waals surface area (Å²) >= 11 is 6.19. The zero-order chi connectivity index (χ0) is 13.4. The van der Waals surface area contributed by atoms with Gasteiger partial charge in [-0.2, -0.15) is 0 Å². The van der Waals surface area contributed by atoms with E-state index in [1.165, 1.54) is 5.56 Å². The minimum atomic E-state index is -0.135. The van der Waals surface area contributed by atoms with E-state index in [2.05, 4.69) is 4.98 Å². The van der Waals surface area contributed by atoms with E-state index in [1.54, 1.807) is 10.6 Å². The Kier molecular flexibility index (Phi) is 2.91. The Hall–Kier alpha value is -2.00. The number of aromatic nitrogens is 2. The Morgan fingerprint density at radius 2 is 1.89 bits per heavy atom. The molecule has 1 N–H and O–H groups in total. The lowest BCUT2D eigenvalue weighted by atomic mass is 10.1. The van der Waals surface area contributed by atoms with E-state index in [0.717, 1.165) is 16.6 Å². The Morgan fingerprint density at radius 1 is 1.16 bits per heavy atom. The van der Waals surface area contributed by atoms with Gasteiger partial charge < -0.3 is 4.98 Å². The van der Waals surface area contributed by atoms with Crippen molar-refractivity contribution in [3.05, 3.63) is 69.1 Å². The van der Waals surface area contributed by atoms with E-state index in [0.29, 0.717) is 11.6 Å². The fraction of sp³-hybridized carbons (Fsp3) is 0.133. The summed E-state index contributed by atoms with van der Waals surface area (Å²) in [7, 11) is 0. The van der Waals surface area contributed by atoms with Crippen LogP contribution in [0.1, 0.15) is 11.1 Å². The monoisotopic (exact) mass is 272 g/mol. The smallest absolute Gasteiger partial charge is 0.305 e. The number of halogens is 1. The van der Waals surface area contributed by atoms with E-state index in [9.17, 15) is 4.79 Å². The first kappa shape index (κ1) is 12.1. The zero-order valence-corrected chi connectivity index (χ0v) is 11.2. The normalized spacial score (nSPS) is 11.1. The number of nitrogens with one attached hydrogen (secondary N) is 1. The molecule has 0 amide bonds. The Labute approximate surface area is 115 Å². The van der Waals surface area contributed by atoms with E-state index < -0.39 is 0 Å². The van der Waals surface area contributed by atoms with E-state index >= 15 is 0 Å².